The Morgan fingerprint density at radius 3 is 2.75 bits per heavy atom. The Bertz CT molecular complexity index is 794. The van der Waals surface area contributed by atoms with Gasteiger partial charge in [0, 0.05) is 50.5 Å². The number of hydrogen-bond donors (Lipinski definition) is 2. The molecule has 0 saturated carbocycles. The molecule has 0 radical (unpaired) electrons. The average Bonchev–Trinajstić information content (AvgIpc) is 3.23. The van der Waals surface area contributed by atoms with Crippen LogP contribution in [0.1, 0.15) is 12.0 Å². The fraction of sp³-hybridized carbons (Fsp3) is 0.409. The lowest BCUT2D eigenvalue weighted by atomic mass is 10.1. The number of methoxy groups -OCH3 is 2. The summed E-state index contributed by atoms with van der Waals surface area (Å²) in [6, 6.07) is 16.3. The summed E-state index contributed by atoms with van der Waals surface area (Å²) in [4.78, 5) is 6.76. The third-order valence-corrected chi connectivity index (χ3v) is 5.12. The van der Waals surface area contributed by atoms with E-state index < -0.39 is 0 Å². The van der Waals surface area contributed by atoms with Crippen molar-refractivity contribution >= 4 is 11.6 Å². The molecular formula is C22H30N4O2. The summed E-state index contributed by atoms with van der Waals surface area (Å²) in [7, 11) is 5.20. The average molecular weight is 383 g/mol. The van der Waals surface area contributed by atoms with Crippen LogP contribution in [0.2, 0.25) is 0 Å². The van der Waals surface area contributed by atoms with Crippen LogP contribution in [0, 0.1) is 5.92 Å². The lowest BCUT2D eigenvalue weighted by Crippen LogP contribution is -2.40. The molecule has 2 aromatic carbocycles. The van der Waals surface area contributed by atoms with Crippen LogP contribution >= 0.6 is 0 Å². The summed E-state index contributed by atoms with van der Waals surface area (Å²) < 4.78 is 10.8. The van der Waals surface area contributed by atoms with Crippen LogP contribution in [0.4, 0.5) is 5.69 Å². The van der Waals surface area contributed by atoms with Crippen molar-refractivity contribution in [2.45, 2.75) is 13.0 Å². The fourth-order valence-electron chi connectivity index (χ4n) is 3.53. The van der Waals surface area contributed by atoms with Gasteiger partial charge in [0.05, 0.1) is 14.2 Å². The van der Waals surface area contributed by atoms with Crippen LogP contribution in [0.5, 0.6) is 11.5 Å². The Morgan fingerprint density at radius 1 is 1.11 bits per heavy atom. The molecule has 0 aromatic heterocycles. The number of anilines is 1. The third kappa shape index (κ3) is 5.09. The predicted octanol–water partition coefficient (Wildman–Crippen LogP) is 2.90. The van der Waals surface area contributed by atoms with Gasteiger partial charge in [-0.15, -0.1) is 0 Å². The second-order valence-corrected chi connectivity index (χ2v) is 6.92. The van der Waals surface area contributed by atoms with Crippen molar-refractivity contribution in [2.75, 3.05) is 45.8 Å². The molecule has 0 spiro atoms. The van der Waals surface area contributed by atoms with E-state index in [0.29, 0.717) is 12.5 Å². The number of ether oxygens (including phenoxy) is 2. The van der Waals surface area contributed by atoms with Gasteiger partial charge in [0.25, 0.3) is 0 Å². The van der Waals surface area contributed by atoms with Gasteiger partial charge < -0.3 is 25.0 Å². The van der Waals surface area contributed by atoms with Crippen LogP contribution in [-0.4, -0.2) is 46.9 Å². The number of aliphatic imine (C=N–C) groups is 1. The molecule has 6 heteroatoms. The smallest absolute Gasteiger partial charge is 0.191 e. The van der Waals surface area contributed by atoms with Crippen molar-refractivity contribution < 1.29 is 9.47 Å². The predicted molar refractivity (Wildman–Crippen MR) is 115 cm³/mol. The third-order valence-electron chi connectivity index (χ3n) is 5.12. The maximum absolute atomic E-state index is 5.41. The van der Waals surface area contributed by atoms with Crippen LogP contribution in [0.25, 0.3) is 0 Å². The van der Waals surface area contributed by atoms with E-state index in [0.717, 1.165) is 49.1 Å². The Labute approximate surface area is 167 Å². The standard InChI is InChI=1S/C22H30N4O2/c1-23-22(25-15-18-7-4-5-10-21(18)28-3)24-14-17-11-12-26(16-17)19-8-6-9-20(13-19)27-2/h4-10,13,17H,11-12,14-16H2,1-3H3,(H2,23,24,25). The molecule has 1 atom stereocenters. The molecule has 3 rings (SSSR count). The van der Waals surface area contributed by atoms with E-state index in [2.05, 4.69) is 38.7 Å². The highest BCUT2D eigenvalue weighted by Gasteiger charge is 2.23. The van der Waals surface area contributed by atoms with Crippen LogP contribution < -0.4 is 25.0 Å². The van der Waals surface area contributed by atoms with Crippen LogP contribution in [0.15, 0.2) is 53.5 Å². The van der Waals surface area contributed by atoms with E-state index in [1.54, 1.807) is 21.3 Å². The molecule has 2 N–H and O–H groups in total. The lowest BCUT2D eigenvalue weighted by molar-refractivity contribution is 0.409. The largest absolute Gasteiger partial charge is 0.497 e. The fourth-order valence-corrected chi connectivity index (χ4v) is 3.53. The van der Waals surface area contributed by atoms with E-state index >= 15 is 0 Å². The molecule has 6 nitrogen and oxygen atoms in total. The van der Waals surface area contributed by atoms with Crippen LogP contribution in [0.3, 0.4) is 0 Å². The summed E-state index contributed by atoms with van der Waals surface area (Å²) in [5.74, 6) is 3.18. The van der Waals surface area contributed by atoms with E-state index in [1.807, 2.05) is 30.3 Å². The Balaban J connectivity index is 1.48. The van der Waals surface area contributed by atoms with Gasteiger partial charge in [-0.05, 0) is 30.5 Å². The number of hydrogen-bond acceptors (Lipinski definition) is 4. The first-order valence-corrected chi connectivity index (χ1v) is 9.69. The Kier molecular flexibility index (Phi) is 7.00. The number of nitrogens with one attached hydrogen (secondary N) is 2. The quantitative estimate of drug-likeness (QED) is 0.570. The van der Waals surface area contributed by atoms with E-state index in [1.165, 1.54) is 5.69 Å². The highest BCUT2D eigenvalue weighted by Crippen LogP contribution is 2.26. The van der Waals surface area contributed by atoms with Crippen LogP contribution in [-0.2, 0) is 6.54 Å². The van der Waals surface area contributed by atoms with Gasteiger partial charge in [-0.1, -0.05) is 24.3 Å². The van der Waals surface area contributed by atoms with Crippen molar-refractivity contribution in [3.05, 3.63) is 54.1 Å². The molecule has 1 aliphatic rings. The van der Waals surface area contributed by atoms with Crippen molar-refractivity contribution in [1.82, 2.24) is 10.6 Å². The zero-order chi connectivity index (χ0) is 19.8. The second kappa shape index (κ2) is 9.88. The number of benzene rings is 2. The minimum atomic E-state index is 0.580. The van der Waals surface area contributed by atoms with E-state index in [9.17, 15) is 0 Å². The first kappa shape index (κ1) is 19.9. The molecule has 0 bridgehead atoms. The Hall–Kier alpha value is -2.89. The van der Waals surface area contributed by atoms with E-state index in [-0.39, 0.29) is 0 Å². The van der Waals surface area contributed by atoms with Gasteiger partial charge in [0.2, 0.25) is 0 Å². The summed E-state index contributed by atoms with van der Waals surface area (Å²) >= 11 is 0. The number of rotatable bonds is 7. The summed E-state index contributed by atoms with van der Waals surface area (Å²) in [6.45, 7) is 3.66. The molecule has 1 fully saturated rings. The first-order chi connectivity index (χ1) is 13.7. The molecule has 1 aliphatic heterocycles. The highest BCUT2D eigenvalue weighted by molar-refractivity contribution is 5.79. The molecule has 1 unspecified atom stereocenters. The van der Waals surface area contributed by atoms with Crippen molar-refractivity contribution in [3.8, 4) is 11.5 Å². The normalized spacial score (nSPS) is 16.8. The van der Waals surface area contributed by atoms with Gasteiger partial charge in [-0.3, -0.25) is 4.99 Å². The Morgan fingerprint density at radius 2 is 1.96 bits per heavy atom. The van der Waals surface area contributed by atoms with Crippen molar-refractivity contribution in [3.63, 3.8) is 0 Å². The summed E-state index contributed by atoms with van der Waals surface area (Å²) in [5.41, 5.74) is 2.33. The maximum Gasteiger partial charge on any atom is 0.191 e. The minimum absolute atomic E-state index is 0.580. The van der Waals surface area contributed by atoms with Gasteiger partial charge >= 0.3 is 0 Å². The number of nitrogens with zero attached hydrogens (tertiary/aromatic N) is 2. The van der Waals surface area contributed by atoms with Crippen molar-refractivity contribution in [2.24, 2.45) is 10.9 Å². The monoisotopic (exact) mass is 382 g/mol. The van der Waals surface area contributed by atoms with Gasteiger partial charge in [-0.25, -0.2) is 0 Å². The van der Waals surface area contributed by atoms with Gasteiger partial charge in [0.1, 0.15) is 11.5 Å². The van der Waals surface area contributed by atoms with E-state index in [4.69, 9.17) is 9.47 Å². The summed E-state index contributed by atoms with van der Waals surface area (Å²) in [6.07, 6.45) is 1.16. The van der Waals surface area contributed by atoms with Gasteiger partial charge in [-0.2, -0.15) is 0 Å². The maximum atomic E-state index is 5.41. The highest BCUT2D eigenvalue weighted by atomic mass is 16.5. The molecule has 0 aliphatic carbocycles. The number of guanidine groups is 1. The minimum Gasteiger partial charge on any atom is -0.497 e. The SMILES string of the molecule is CN=C(NCc1ccccc1OC)NCC1CCN(c2cccc(OC)c2)C1. The van der Waals surface area contributed by atoms with Crippen molar-refractivity contribution in [1.29, 1.82) is 0 Å². The second-order valence-electron chi connectivity index (χ2n) is 6.92. The summed E-state index contributed by atoms with van der Waals surface area (Å²) in [5, 5.41) is 6.83. The molecule has 2 aromatic rings. The van der Waals surface area contributed by atoms with Gasteiger partial charge in [0.15, 0.2) is 5.96 Å². The first-order valence-electron chi connectivity index (χ1n) is 9.69. The number of para-hydroxylation sites is 1. The zero-order valence-electron chi connectivity index (χ0n) is 16.9. The zero-order valence-corrected chi connectivity index (χ0v) is 16.9. The molecule has 150 valence electrons. The molecule has 0 amide bonds. The lowest BCUT2D eigenvalue weighted by Gasteiger charge is -2.20. The molecule has 1 heterocycles. The topological polar surface area (TPSA) is 58.1 Å². The molecule has 28 heavy (non-hydrogen) atoms. The molecular weight excluding hydrogens is 352 g/mol. The molecule has 1 saturated heterocycles.